The lowest BCUT2D eigenvalue weighted by atomic mass is 9.86. The Balaban J connectivity index is 0.000000160. The third-order valence-corrected chi connectivity index (χ3v) is 15.4. The molecule has 8 aromatic rings. The van der Waals surface area contributed by atoms with Crippen molar-refractivity contribution in [2.45, 2.75) is 83.5 Å². The number of nitrogens with zero attached hydrogens (tertiary/aromatic N) is 8. The highest BCUT2D eigenvalue weighted by Gasteiger charge is 2.29. The molecule has 16 heteroatoms. The van der Waals surface area contributed by atoms with E-state index in [-0.39, 0.29) is 0 Å². The lowest BCUT2D eigenvalue weighted by Crippen LogP contribution is -2.07. The fraction of sp³-hybridized carbons (Fsp3) is 0.277. The van der Waals surface area contributed by atoms with Gasteiger partial charge in [0.25, 0.3) is 0 Å². The van der Waals surface area contributed by atoms with Crippen LogP contribution in [0, 0.1) is 0 Å². The fourth-order valence-corrected chi connectivity index (χ4v) is 11.5. The average Bonchev–Trinajstić information content (AvgIpc) is 4.11. The minimum atomic E-state index is 0.523. The number of aromatic nitrogens is 8. The van der Waals surface area contributed by atoms with Crippen LogP contribution >= 0.6 is 92.3 Å². The largest absolute Gasteiger partial charge is 0.231 e. The van der Waals surface area contributed by atoms with Crippen molar-refractivity contribution >= 4 is 92.3 Å². The number of benzene rings is 4. The van der Waals surface area contributed by atoms with Gasteiger partial charge in [0.05, 0.1) is 32.8 Å². The van der Waals surface area contributed by atoms with Crippen LogP contribution in [0.25, 0.3) is 55.3 Å². The van der Waals surface area contributed by atoms with Crippen LogP contribution in [0.15, 0.2) is 84.9 Å². The number of hydrogen-bond acceptors (Lipinski definition) is 8. The summed E-state index contributed by atoms with van der Waals surface area (Å²) in [5.41, 5.74) is 9.40. The lowest BCUT2D eigenvalue weighted by Gasteiger charge is -2.21. The van der Waals surface area contributed by atoms with Gasteiger partial charge in [-0.3, -0.25) is 0 Å². The summed E-state index contributed by atoms with van der Waals surface area (Å²) < 4.78 is 3.78. The van der Waals surface area contributed by atoms with E-state index < -0.39 is 0 Å². The van der Waals surface area contributed by atoms with Crippen molar-refractivity contribution in [1.29, 1.82) is 0 Å². The van der Waals surface area contributed by atoms with Gasteiger partial charge < -0.3 is 0 Å². The van der Waals surface area contributed by atoms with Gasteiger partial charge in [0.15, 0.2) is 10.0 Å². The zero-order valence-corrected chi connectivity index (χ0v) is 40.4. The molecule has 2 saturated carbocycles. The predicted molar refractivity (Wildman–Crippen MR) is 262 cm³/mol. The standard InChI is InChI=1S/C24H21Cl3N4S.C23H19Cl3N4S/c1-2-18-21(24-29-28-23(32-24)15-5-3-4-6-15)30-31(20-12-11-17(26)13-19(20)27)22(18)14-7-9-16(25)10-8-14;1-2-17-20(23-28-27-22(31-23)14-4-3-5-14)29-30(19-11-10-16(25)12-18(19)26)21(17)13-6-8-15(24)9-7-13/h7-13,15H,2-6H2,1H3;6-12,14H,2-5H2,1H3. The molecular formula is C47H40Cl6N8S2. The van der Waals surface area contributed by atoms with E-state index in [1.807, 2.05) is 82.2 Å². The summed E-state index contributed by atoms with van der Waals surface area (Å²) >= 11 is 41.1. The molecule has 4 aromatic carbocycles. The Morgan fingerprint density at radius 2 is 0.873 bits per heavy atom. The molecule has 0 radical (unpaired) electrons. The SMILES string of the molecule is CCc1c(-c2nnc(C3CCC3)s2)nn(-c2ccc(Cl)cc2Cl)c1-c1ccc(Cl)cc1.CCc1c(-c2nnc(C3CCCC3)s2)nn(-c2ccc(Cl)cc2Cl)c1-c1ccc(Cl)cc1. The Morgan fingerprint density at radius 3 is 1.22 bits per heavy atom. The number of rotatable bonds is 10. The maximum absolute atomic E-state index is 6.60. The minimum absolute atomic E-state index is 0.523. The van der Waals surface area contributed by atoms with Gasteiger partial charge in [-0.15, -0.1) is 20.4 Å². The van der Waals surface area contributed by atoms with Crippen molar-refractivity contribution in [3.8, 4) is 55.3 Å². The van der Waals surface area contributed by atoms with Gasteiger partial charge >= 0.3 is 0 Å². The molecule has 0 spiro atoms. The Hall–Kier alpha value is -3.84. The molecule has 8 nitrogen and oxygen atoms in total. The van der Waals surface area contributed by atoms with E-state index in [1.165, 1.54) is 44.9 Å². The van der Waals surface area contributed by atoms with Crippen LogP contribution in [0.1, 0.15) is 91.8 Å². The van der Waals surface area contributed by atoms with Crippen molar-refractivity contribution in [3.63, 3.8) is 0 Å². The van der Waals surface area contributed by atoms with E-state index in [2.05, 4.69) is 34.2 Å². The minimum Gasteiger partial charge on any atom is -0.231 e. The highest BCUT2D eigenvalue weighted by molar-refractivity contribution is 7.15. The summed E-state index contributed by atoms with van der Waals surface area (Å²) in [4.78, 5) is 0. The topological polar surface area (TPSA) is 87.2 Å². The third kappa shape index (κ3) is 9.21. The third-order valence-electron chi connectivity index (χ3n) is 11.6. The Kier molecular flexibility index (Phi) is 13.6. The van der Waals surface area contributed by atoms with E-state index in [9.17, 15) is 0 Å². The highest BCUT2D eigenvalue weighted by Crippen LogP contribution is 2.44. The van der Waals surface area contributed by atoms with E-state index >= 15 is 0 Å². The molecule has 2 fully saturated rings. The quantitative estimate of drug-likeness (QED) is 0.136. The van der Waals surface area contributed by atoms with Crippen LogP contribution in [0.3, 0.4) is 0 Å². The van der Waals surface area contributed by atoms with E-state index in [0.29, 0.717) is 42.0 Å². The second kappa shape index (κ2) is 19.3. The van der Waals surface area contributed by atoms with Crippen molar-refractivity contribution in [1.82, 2.24) is 40.0 Å². The molecule has 0 amide bonds. The van der Waals surface area contributed by atoms with E-state index in [0.717, 1.165) is 89.3 Å². The first-order valence-corrected chi connectivity index (χ1v) is 24.8. The van der Waals surface area contributed by atoms with Crippen molar-refractivity contribution in [2.75, 3.05) is 0 Å². The van der Waals surface area contributed by atoms with E-state index in [4.69, 9.17) is 79.8 Å². The van der Waals surface area contributed by atoms with Gasteiger partial charge in [-0.25, -0.2) is 9.36 Å². The molecule has 4 heterocycles. The van der Waals surface area contributed by atoms with Gasteiger partial charge in [-0.05, 0) is 99.2 Å². The average molecular weight is 994 g/mol. The van der Waals surface area contributed by atoms with Crippen LogP contribution in [0.4, 0.5) is 0 Å². The van der Waals surface area contributed by atoms with Crippen LogP contribution in [-0.2, 0) is 12.8 Å². The smallest absolute Gasteiger partial charge is 0.168 e. The van der Waals surface area contributed by atoms with Gasteiger partial charge in [-0.1, -0.05) is 150 Å². The highest BCUT2D eigenvalue weighted by atomic mass is 35.5. The summed E-state index contributed by atoms with van der Waals surface area (Å²) in [6, 6.07) is 26.5. The Labute approximate surface area is 404 Å². The molecule has 0 aliphatic heterocycles. The predicted octanol–water partition coefficient (Wildman–Crippen LogP) is 16.1. The zero-order valence-electron chi connectivity index (χ0n) is 34.3. The maximum Gasteiger partial charge on any atom is 0.168 e. The second-order valence-electron chi connectivity index (χ2n) is 15.6. The van der Waals surface area contributed by atoms with Crippen molar-refractivity contribution in [2.24, 2.45) is 0 Å². The molecule has 0 unspecified atom stereocenters. The monoisotopic (exact) mass is 990 g/mol. The first kappa shape index (κ1) is 44.4. The van der Waals surface area contributed by atoms with Crippen LogP contribution in [0.5, 0.6) is 0 Å². The second-order valence-corrected chi connectivity index (χ2v) is 20.2. The molecule has 10 rings (SSSR count). The Bertz CT molecular complexity index is 2890. The van der Waals surface area contributed by atoms with Crippen LogP contribution < -0.4 is 0 Å². The molecule has 63 heavy (non-hydrogen) atoms. The van der Waals surface area contributed by atoms with Gasteiger partial charge in [0, 0.05) is 54.2 Å². The number of hydrogen-bond donors (Lipinski definition) is 0. The zero-order chi connectivity index (χ0) is 43.8. The summed E-state index contributed by atoms with van der Waals surface area (Å²) in [7, 11) is 0. The van der Waals surface area contributed by atoms with Crippen molar-refractivity contribution in [3.05, 3.63) is 136 Å². The molecular weight excluding hydrogens is 953 g/mol. The molecule has 2 aliphatic rings. The molecule has 0 saturated heterocycles. The maximum atomic E-state index is 6.60. The van der Waals surface area contributed by atoms with Crippen molar-refractivity contribution < 1.29 is 0 Å². The normalized spacial score (nSPS) is 14.2. The molecule has 0 N–H and O–H groups in total. The summed E-state index contributed by atoms with van der Waals surface area (Å²) in [6.07, 6.45) is 10.2. The first-order chi connectivity index (χ1) is 30.6. The van der Waals surface area contributed by atoms with Gasteiger partial charge in [0.1, 0.15) is 21.4 Å². The number of halogens is 6. The van der Waals surface area contributed by atoms with Crippen LogP contribution in [0.2, 0.25) is 30.1 Å². The molecule has 2 aliphatic carbocycles. The Morgan fingerprint density at radius 1 is 0.492 bits per heavy atom. The van der Waals surface area contributed by atoms with E-state index in [1.54, 1.807) is 34.8 Å². The molecule has 322 valence electrons. The molecule has 0 atom stereocenters. The molecule has 4 aromatic heterocycles. The van der Waals surface area contributed by atoms with Gasteiger partial charge in [0.2, 0.25) is 0 Å². The molecule has 0 bridgehead atoms. The fourth-order valence-electron chi connectivity index (χ4n) is 8.20. The lowest BCUT2D eigenvalue weighted by molar-refractivity contribution is 0.416. The summed E-state index contributed by atoms with van der Waals surface area (Å²) in [5, 5.41) is 35.6. The first-order valence-electron chi connectivity index (χ1n) is 20.9. The van der Waals surface area contributed by atoms with Gasteiger partial charge in [-0.2, -0.15) is 10.2 Å². The van der Waals surface area contributed by atoms with Crippen LogP contribution in [-0.4, -0.2) is 40.0 Å². The summed E-state index contributed by atoms with van der Waals surface area (Å²) in [5.74, 6) is 1.06. The summed E-state index contributed by atoms with van der Waals surface area (Å²) in [6.45, 7) is 4.26.